The van der Waals surface area contributed by atoms with E-state index in [1.807, 2.05) is 0 Å². The first-order valence-electron chi connectivity index (χ1n) is 4.90. The third-order valence-corrected chi connectivity index (χ3v) is 2.94. The summed E-state index contributed by atoms with van der Waals surface area (Å²) in [5, 5.41) is 2.48. The fraction of sp³-hybridized carbons (Fsp3) is 0.300. The lowest BCUT2D eigenvalue weighted by atomic mass is 10.1. The highest BCUT2D eigenvalue weighted by Gasteiger charge is 2.08. The maximum atomic E-state index is 11.6. The number of hydrogen-bond donors (Lipinski definition) is 3. The minimum Gasteiger partial charge on any atom is -0.399 e. The average Bonchev–Trinajstić information content (AvgIpc) is 2.13. The van der Waals surface area contributed by atoms with Gasteiger partial charge in [0.25, 0.3) is 5.91 Å². The Morgan fingerprint density at radius 1 is 1.24 bits per heavy atom. The quantitative estimate of drug-likeness (QED) is 0.636. The van der Waals surface area contributed by atoms with E-state index in [0.717, 1.165) is 6.26 Å². The first-order chi connectivity index (χ1) is 7.78. The van der Waals surface area contributed by atoms with Gasteiger partial charge in [0.05, 0.1) is 5.75 Å². The predicted molar refractivity (Wildman–Crippen MR) is 67.3 cm³/mol. The van der Waals surface area contributed by atoms with E-state index < -0.39 is 15.7 Å². The van der Waals surface area contributed by atoms with Crippen LogP contribution in [0.3, 0.4) is 0 Å². The number of amides is 1. The summed E-state index contributed by atoms with van der Waals surface area (Å²) in [6.07, 6.45) is 1.11. The highest BCUT2D eigenvalue weighted by Crippen LogP contribution is 2.13. The molecule has 6 nitrogen and oxygen atoms in total. The molecule has 17 heavy (non-hydrogen) atoms. The highest BCUT2D eigenvalue weighted by molar-refractivity contribution is 7.90. The van der Waals surface area contributed by atoms with Crippen molar-refractivity contribution in [3.8, 4) is 0 Å². The van der Waals surface area contributed by atoms with Gasteiger partial charge in [-0.1, -0.05) is 0 Å². The molecule has 0 unspecified atom stereocenters. The van der Waals surface area contributed by atoms with Crippen LogP contribution >= 0.6 is 0 Å². The van der Waals surface area contributed by atoms with Crippen LogP contribution < -0.4 is 16.8 Å². The number of anilines is 2. The lowest BCUT2D eigenvalue weighted by Crippen LogP contribution is -2.28. The molecule has 1 amide bonds. The molecule has 0 aromatic heterocycles. The van der Waals surface area contributed by atoms with Crippen molar-refractivity contribution in [1.82, 2.24) is 5.32 Å². The molecule has 5 N–H and O–H groups in total. The van der Waals surface area contributed by atoms with Gasteiger partial charge in [0.2, 0.25) is 0 Å². The lowest BCUT2D eigenvalue weighted by Gasteiger charge is -2.06. The molecule has 1 aromatic rings. The molecule has 0 aliphatic carbocycles. The van der Waals surface area contributed by atoms with Gasteiger partial charge >= 0.3 is 0 Å². The molecule has 7 heteroatoms. The van der Waals surface area contributed by atoms with E-state index in [4.69, 9.17) is 11.5 Å². The van der Waals surface area contributed by atoms with Crippen molar-refractivity contribution in [1.29, 1.82) is 0 Å². The maximum absolute atomic E-state index is 11.6. The number of sulfone groups is 1. The largest absolute Gasteiger partial charge is 0.399 e. The Hall–Kier alpha value is -1.76. The Morgan fingerprint density at radius 3 is 2.24 bits per heavy atom. The first kappa shape index (κ1) is 13.3. The SMILES string of the molecule is CS(=O)(=O)CCNC(=O)c1cc(N)cc(N)c1. The summed E-state index contributed by atoms with van der Waals surface area (Å²) < 4.78 is 21.7. The van der Waals surface area contributed by atoms with E-state index in [1.54, 1.807) is 0 Å². The summed E-state index contributed by atoms with van der Waals surface area (Å²) in [6, 6.07) is 4.49. The van der Waals surface area contributed by atoms with Gasteiger partial charge in [-0.05, 0) is 18.2 Å². The molecule has 0 radical (unpaired) electrons. The van der Waals surface area contributed by atoms with E-state index in [2.05, 4.69) is 5.32 Å². The second-order valence-corrected chi connectivity index (χ2v) is 6.03. The van der Waals surface area contributed by atoms with Gasteiger partial charge in [-0.3, -0.25) is 4.79 Å². The third-order valence-electron chi connectivity index (χ3n) is 2.00. The fourth-order valence-electron chi connectivity index (χ4n) is 1.26. The minimum absolute atomic E-state index is 0.0619. The Balaban J connectivity index is 2.64. The fourth-order valence-corrected chi connectivity index (χ4v) is 1.73. The molecule has 0 spiro atoms. The number of nitrogen functional groups attached to an aromatic ring is 2. The molecule has 1 aromatic carbocycles. The van der Waals surface area contributed by atoms with Gasteiger partial charge < -0.3 is 16.8 Å². The standard InChI is InChI=1S/C10H15N3O3S/c1-17(15,16)3-2-13-10(14)7-4-8(11)6-9(12)5-7/h4-6H,2-3,11-12H2,1H3,(H,13,14). The Labute approximate surface area is 99.9 Å². The molecular formula is C10H15N3O3S. The lowest BCUT2D eigenvalue weighted by molar-refractivity contribution is 0.0956. The van der Waals surface area contributed by atoms with Gasteiger partial charge in [0.15, 0.2) is 0 Å². The maximum Gasteiger partial charge on any atom is 0.251 e. The molecule has 0 aliphatic rings. The van der Waals surface area contributed by atoms with Crippen LogP contribution in [0, 0.1) is 0 Å². The van der Waals surface area contributed by atoms with E-state index in [9.17, 15) is 13.2 Å². The van der Waals surface area contributed by atoms with Crippen LogP contribution in [-0.4, -0.2) is 32.9 Å². The van der Waals surface area contributed by atoms with E-state index in [-0.39, 0.29) is 12.3 Å². The summed E-state index contributed by atoms with van der Waals surface area (Å²) in [6.45, 7) is 0.0619. The predicted octanol–water partition coefficient (Wildman–Crippen LogP) is -0.375. The first-order valence-corrected chi connectivity index (χ1v) is 6.96. The Bertz CT molecular complexity index is 505. The van der Waals surface area contributed by atoms with Crippen molar-refractivity contribution >= 4 is 27.1 Å². The van der Waals surface area contributed by atoms with Crippen LogP contribution in [0.25, 0.3) is 0 Å². The second-order valence-electron chi connectivity index (χ2n) is 3.77. The van der Waals surface area contributed by atoms with Gasteiger partial charge in [0.1, 0.15) is 9.84 Å². The van der Waals surface area contributed by atoms with Crippen LogP contribution in [0.2, 0.25) is 0 Å². The summed E-state index contributed by atoms with van der Waals surface area (Å²) in [5.41, 5.74) is 12.2. The minimum atomic E-state index is -3.08. The van der Waals surface area contributed by atoms with Gasteiger partial charge in [0, 0.05) is 29.7 Å². The molecule has 0 bridgehead atoms. The van der Waals surface area contributed by atoms with E-state index >= 15 is 0 Å². The van der Waals surface area contributed by atoms with Crippen molar-refractivity contribution in [2.75, 3.05) is 30.0 Å². The van der Waals surface area contributed by atoms with Crippen LogP contribution in [0.4, 0.5) is 11.4 Å². The Kier molecular flexibility index (Phi) is 3.95. The summed E-state index contributed by atoms with van der Waals surface area (Å²) in [4.78, 5) is 11.6. The zero-order chi connectivity index (χ0) is 13.1. The number of rotatable bonds is 4. The summed E-state index contributed by atoms with van der Waals surface area (Å²) >= 11 is 0. The molecular weight excluding hydrogens is 242 g/mol. The number of benzene rings is 1. The molecule has 94 valence electrons. The zero-order valence-electron chi connectivity index (χ0n) is 9.43. The van der Waals surface area contributed by atoms with Crippen molar-refractivity contribution in [3.63, 3.8) is 0 Å². The molecule has 1 rings (SSSR count). The van der Waals surface area contributed by atoms with Crippen LogP contribution in [-0.2, 0) is 9.84 Å². The normalized spacial score (nSPS) is 11.1. The number of nitrogens with one attached hydrogen (secondary N) is 1. The molecule has 0 saturated heterocycles. The summed E-state index contributed by atoms with van der Waals surface area (Å²) in [7, 11) is -3.08. The van der Waals surface area contributed by atoms with Gasteiger partial charge in [-0.2, -0.15) is 0 Å². The van der Waals surface area contributed by atoms with Crippen LogP contribution in [0.5, 0.6) is 0 Å². The van der Waals surface area contributed by atoms with E-state index in [1.165, 1.54) is 18.2 Å². The molecule has 0 aliphatic heterocycles. The van der Waals surface area contributed by atoms with Crippen molar-refractivity contribution < 1.29 is 13.2 Å². The van der Waals surface area contributed by atoms with Gasteiger partial charge in [-0.25, -0.2) is 8.42 Å². The number of hydrogen-bond acceptors (Lipinski definition) is 5. The molecule has 0 saturated carbocycles. The monoisotopic (exact) mass is 257 g/mol. The summed E-state index contributed by atoms with van der Waals surface area (Å²) in [5.74, 6) is -0.496. The topological polar surface area (TPSA) is 115 Å². The second kappa shape index (κ2) is 5.05. The molecule has 0 heterocycles. The van der Waals surface area contributed by atoms with E-state index in [0.29, 0.717) is 16.9 Å². The van der Waals surface area contributed by atoms with Gasteiger partial charge in [-0.15, -0.1) is 0 Å². The van der Waals surface area contributed by atoms with Crippen molar-refractivity contribution in [2.24, 2.45) is 0 Å². The number of nitrogens with two attached hydrogens (primary N) is 2. The Morgan fingerprint density at radius 2 is 1.76 bits per heavy atom. The van der Waals surface area contributed by atoms with Crippen LogP contribution in [0.15, 0.2) is 18.2 Å². The molecule has 0 atom stereocenters. The zero-order valence-corrected chi connectivity index (χ0v) is 10.3. The average molecular weight is 257 g/mol. The highest BCUT2D eigenvalue weighted by atomic mass is 32.2. The van der Waals surface area contributed by atoms with Crippen molar-refractivity contribution in [3.05, 3.63) is 23.8 Å². The van der Waals surface area contributed by atoms with Crippen molar-refractivity contribution in [2.45, 2.75) is 0 Å². The number of carbonyl (C=O) groups excluding carboxylic acids is 1. The molecule has 0 fully saturated rings. The third kappa shape index (κ3) is 4.73. The van der Waals surface area contributed by atoms with Crippen LogP contribution in [0.1, 0.15) is 10.4 Å². The number of carbonyl (C=O) groups is 1. The smallest absolute Gasteiger partial charge is 0.251 e.